The quantitative estimate of drug-likeness (QED) is 0.757. The molecule has 4 aliphatic rings. The molecule has 0 spiro atoms. The Kier molecular flexibility index (Phi) is 4.08. The molecule has 5 rings (SSSR count). The minimum atomic E-state index is -0.502. The smallest absolute Gasteiger partial charge is 0.325 e. The number of carbonyl (C=O) groups is 1. The van der Waals surface area contributed by atoms with Gasteiger partial charge >= 0.3 is 5.69 Å². The van der Waals surface area contributed by atoms with E-state index in [0.29, 0.717) is 23.1 Å². The lowest BCUT2D eigenvalue weighted by atomic mass is 9.49. The number of aryl methyl sites for hydroxylation is 1. The van der Waals surface area contributed by atoms with Crippen LogP contribution in [-0.4, -0.2) is 22.4 Å². The van der Waals surface area contributed by atoms with E-state index >= 15 is 0 Å². The molecule has 4 aliphatic carbocycles. The molecular formula is C19H27N3O3. The molecule has 0 aromatic carbocycles. The van der Waals surface area contributed by atoms with Crippen molar-refractivity contribution in [2.45, 2.75) is 58.3 Å². The molecule has 0 atom stereocenters. The van der Waals surface area contributed by atoms with Crippen LogP contribution in [0.4, 0.5) is 0 Å². The Bertz CT molecular complexity index is 757. The first-order chi connectivity index (χ1) is 11.9. The van der Waals surface area contributed by atoms with E-state index in [-0.39, 0.29) is 12.3 Å². The van der Waals surface area contributed by atoms with Crippen LogP contribution in [-0.2, 0) is 11.2 Å². The Labute approximate surface area is 146 Å². The van der Waals surface area contributed by atoms with Gasteiger partial charge in [-0.1, -0.05) is 0 Å². The van der Waals surface area contributed by atoms with Crippen LogP contribution in [0.3, 0.4) is 0 Å². The molecule has 0 radical (unpaired) electrons. The highest BCUT2D eigenvalue weighted by Crippen LogP contribution is 2.59. The Morgan fingerprint density at radius 1 is 1.08 bits per heavy atom. The third-order valence-electron chi connectivity index (χ3n) is 6.68. The number of amides is 1. The summed E-state index contributed by atoms with van der Waals surface area (Å²) in [5, 5.41) is 3.14. The average Bonchev–Trinajstić information content (AvgIpc) is 2.50. The summed E-state index contributed by atoms with van der Waals surface area (Å²) in [6.07, 6.45) is 8.67. The Morgan fingerprint density at radius 3 is 2.24 bits per heavy atom. The van der Waals surface area contributed by atoms with Crippen LogP contribution in [0.15, 0.2) is 9.59 Å². The fourth-order valence-electron chi connectivity index (χ4n) is 6.05. The molecule has 1 aromatic heterocycles. The molecule has 1 heterocycles. The van der Waals surface area contributed by atoms with Gasteiger partial charge in [-0.15, -0.1) is 0 Å². The maximum absolute atomic E-state index is 12.3. The van der Waals surface area contributed by atoms with E-state index in [9.17, 15) is 14.4 Å². The van der Waals surface area contributed by atoms with Crippen LogP contribution in [0, 0.1) is 30.1 Å². The van der Waals surface area contributed by atoms with Gasteiger partial charge in [0.1, 0.15) is 0 Å². The van der Waals surface area contributed by atoms with Crippen LogP contribution in [0.2, 0.25) is 0 Å². The van der Waals surface area contributed by atoms with Gasteiger partial charge in [-0.3, -0.25) is 14.6 Å². The van der Waals surface area contributed by atoms with Crippen LogP contribution >= 0.6 is 0 Å². The number of carbonyl (C=O) groups excluding carboxylic acids is 1. The topological polar surface area (TPSA) is 94.8 Å². The second kappa shape index (κ2) is 6.15. The lowest BCUT2D eigenvalue weighted by Gasteiger charge is -2.56. The molecule has 4 bridgehead atoms. The van der Waals surface area contributed by atoms with Gasteiger partial charge in [-0.05, 0) is 75.0 Å². The fraction of sp³-hybridized carbons (Fsp3) is 0.737. The molecule has 136 valence electrons. The van der Waals surface area contributed by atoms with Crippen molar-refractivity contribution in [1.82, 2.24) is 15.3 Å². The summed E-state index contributed by atoms with van der Waals surface area (Å²) < 4.78 is 0. The summed E-state index contributed by atoms with van der Waals surface area (Å²) in [6, 6.07) is 0. The summed E-state index contributed by atoms with van der Waals surface area (Å²) in [5.41, 5.74) is 0.468. The Balaban J connectivity index is 1.33. The van der Waals surface area contributed by atoms with Gasteiger partial charge < -0.3 is 10.3 Å². The minimum absolute atomic E-state index is 0.000690. The number of aromatic amines is 2. The van der Waals surface area contributed by atoms with Crippen LogP contribution in [0.5, 0.6) is 0 Å². The van der Waals surface area contributed by atoms with E-state index in [1.807, 2.05) is 0 Å². The third kappa shape index (κ3) is 3.31. The highest BCUT2D eigenvalue weighted by molar-refractivity contribution is 5.76. The fourth-order valence-corrected chi connectivity index (χ4v) is 6.05. The maximum atomic E-state index is 12.3. The lowest BCUT2D eigenvalue weighted by molar-refractivity contribution is -0.123. The maximum Gasteiger partial charge on any atom is 0.325 e. The number of hydrogen-bond donors (Lipinski definition) is 3. The van der Waals surface area contributed by atoms with Gasteiger partial charge in [-0.2, -0.15) is 0 Å². The zero-order valence-corrected chi connectivity index (χ0v) is 14.8. The van der Waals surface area contributed by atoms with Gasteiger partial charge in [0.2, 0.25) is 5.91 Å². The summed E-state index contributed by atoms with van der Waals surface area (Å²) in [7, 11) is 0. The molecule has 25 heavy (non-hydrogen) atoms. The van der Waals surface area contributed by atoms with E-state index < -0.39 is 11.2 Å². The van der Waals surface area contributed by atoms with Gasteiger partial charge in [0.25, 0.3) is 5.56 Å². The SMILES string of the molecule is Cc1[nH]c(=O)[nH]c(=O)c1CCC(=O)NCC12CC3CC(CC(C3)C1)C2. The molecule has 0 unspecified atom stereocenters. The average molecular weight is 345 g/mol. The van der Waals surface area contributed by atoms with Crippen molar-refractivity contribution in [2.75, 3.05) is 6.54 Å². The van der Waals surface area contributed by atoms with E-state index in [4.69, 9.17) is 0 Å². The number of rotatable bonds is 5. The van der Waals surface area contributed by atoms with Crippen molar-refractivity contribution in [3.63, 3.8) is 0 Å². The standard InChI is InChI=1S/C19H27N3O3/c1-11-15(17(24)22-18(25)21-11)2-3-16(23)20-10-19-7-12-4-13(8-19)6-14(5-12)9-19/h12-14H,2-10H2,1H3,(H,20,23)(H2,21,22,24,25). The lowest BCUT2D eigenvalue weighted by Crippen LogP contribution is -2.51. The van der Waals surface area contributed by atoms with Crippen LogP contribution in [0.25, 0.3) is 0 Å². The van der Waals surface area contributed by atoms with E-state index in [0.717, 1.165) is 24.3 Å². The highest BCUT2D eigenvalue weighted by atomic mass is 16.2. The summed E-state index contributed by atoms with van der Waals surface area (Å²) in [4.78, 5) is 40.2. The predicted octanol–water partition coefficient (Wildman–Crippen LogP) is 1.64. The molecule has 0 saturated heterocycles. The van der Waals surface area contributed by atoms with Crippen LogP contribution in [0.1, 0.15) is 56.2 Å². The van der Waals surface area contributed by atoms with Crippen molar-refractivity contribution in [3.05, 3.63) is 32.1 Å². The zero-order valence-electron chi connectivity index (χ0n) is 14.8. The number of H-pyrrole nitrogens is 2. The van der Waals surface area contributed by atoms with Gasteiger partial charge in [0, 0.05) is 24.2 Å². The summed E-state index contributed by atoms with van der Waals surface area (Å²) in [5.74, 6) is 2.64. The van der Waals surface area contributed by atoms with Gasteiger partial charge in [-0.25, -0.2) is 4.79 Å². The third-order valence-corrected chi connectivity index (χ3v) is 6.68. The first-order valence-electron chi connectivity index (χ1n) is 9.51. The predicted molar refractivity (Wildman–Crippen MR) is 94.4 cm³/mol. The molecule has 3 N–H and O–H groups in total. The first kappa shape index (κ1) is 16.6. The molecule has 0 aliphatic heterocycles. The monoisotopic (exact) mass is 345 g/mol. The minimum Gasteiger partial charge on any atom is -0.356 e. The molecule has 4 saturated carbocycles. The van der Waals surface area contributed by atoms with Crippen molar-refractivity contribution in [1.29, 1.82) is 0 Å². The summed E-state index contributed by atoms with van der Waals surface area (Å²) >= 11 is 0. The van der Waals surface area contributed by atoms with Crippen molar-refractivity contribution < 1.29 is 4.79 Å². The second-order valence-corrected chi connectivity index (χ2v) is 8.71. The van der Waals surface area contributed by atoms with Gasteiger partial charge in [0.05, 0.1) is 0 Å². The van der Waals surface area contributed by atoms with Gasteiger partial charge in [0.15, 0.2) is 0 Å². The van der Waals surface area contributed by atoms with E-state index in [2.05, 4.69) is 15.3 Å². The normalized spacial score (nSPS) is 32.8. The Morgan fingerprint density at radius 2 is 1.68 bits per heavy atom. The Hall–Kier alpha value is -1.85. The van der Waals surface area contributed by atoms with E-state index in [1.54, 1.807) is 6.92 Å². The van der Waals surface area contributed by atoms with Crippen molar-refractivity contribution >= 4 is 5.91 Å². The molecule has 1 aromatic rings. The second-order valence-electron chi connectivity index (χ2n) is 8.71. The van der Waals surface area contributed by atoms with Crippen LogP contribution < -0.4 is 16.6 Å². The first-order valence-corrected chi connectivity index (χ1v) is 9.51. The van der Waals surface area contributed by atoms with Crippen molar-refractivity contribution in [2.24, 2.45) is 23.2 Å². The van der Waals surface area contributed by atoms with Crippen molar-refractivity contribution in [3.8, 4) is 0 Å². The van der Waals surface area contributed by atoms with E-state index in [1.165, 1.54) is 38.5 Å². The molecule has 4 fully saturated rings. The largest absolute Gasteiger partial charge is 0.356 e. The number of hydrogen-bond acceptors (Lipinski definition) is 3. The number of nitrogens with one attached hydrogen (secondary N) is 3. The zero-order chi connectivity index (χ0) is 17.6. The molecular weight excluding hydrogens is 318 g/mol. The summed E-state index contributed by atoms with van der Waals surface area (Å²) in [6.45, 7) is 2.48. The number of aromatic nitrogens is 2. The molecule has 6 heteroatoms. The molecule has 6 nitrogen and oxygen atoms in total. The highest BCUT2D eigenvalue weighted by Gasteiger charge is 2.50. The molecule has 1 amide bonds.